The number of aryl methyl sites for hydroxylation is 1. The van der Waals surface area contributed by atoms with E-state index in [1.165, 1.54) is 12.8 Å². The molecule has 0 aliphatic carbocycles. The van der Waals surface area contributed by atoms with Gasteiger partial charge in [-0.1, -0.05) is 12.1 Å². The molecule has 30 heavy (non-hydrogen) atoms. The Labute approximate surface area is 182 Å². The van der Waals surface area contributed by atoms with Crippen LogP contribution in [0.15, 0.2) is 24.3 Å². The number of piperidine rings is 1. The summed E-state index contributed by atoms with van der Waals surface area (Å²) >= 11 is 0. The van der Waals surface area contributed by atoms with Crippen molar-refractivity contribution in [1.82, 2.24) is 20.0 Å². The summed E-state index contributed by atoms with van der Waals surface area (Å²) in [7, 11) is 1.90. The van der Waals surface area contributed by atoms with E-state index in [9.17, 15) is 14.9 Å². The number of aromatic nitrogens is 2. The molecule has 2 aliphatic rings. The zero-order chi connectivity index (χ0) is 20.7. The first-order valence-electron chi connectivity index (χ1n) is 10.1. The fourth-order valence-corrected chi connectivity index (χ4v) is 4.74. The molecule has 0 saturated carbocycles. The Morgan fingerprint density at radius 3 is 2.37 bits per heavy atom. The molecule has 2 saturated heterocycles. The van der Waals surface area contributed by atoms with E-state index in [1.807, 2.05) is 36.2 Å². The maximum atomic E-state index is 12.9. The van der Waals surface area contributed by atoms with E-state index in [2.05, 4.69) is 10.4 Å². The molecule has 8 nitrogen and oxygen atoms in total. The number of carbonyl (C=O) groups is 1. The van der Waals surface area contributed by atoms with E-state index < -0.39 is 4.92 Å². The highest BCUT2D eigenvalue weighted by Gasteiger charge is 2.36. The highest BCUT2D eigenvalue weighted by Crippen LogP contribution is 2.30. The van der Waals surface area contributed by atoms with Crippen molar-refractivity contribution in [2.75, 3.05) is 7.05 Å². The van der Waals surface area contributed by atoms with Crippen LogP contribution in [0, 0.1) is 24.0 Å². The standard InChI is InChI=1S/C21H27N5O3.ClH/c1-13-20(26(28)29)14(2)25(23-13)12-15-4-6-16(7-5-15)21(27)24(3)19-10-17-8-9-18(11-19)22-17;/h4-7,17-19,22H,8-12H2,1-3H3;1H. The van der Waals surface area contributed by atoms with Gasteiger partial charge in [0.25, 0.3) is 5.91 Å². The number of fused-ring (bicyclic) bond motifs is 2. The van der Waals surface area contributed by atoms with Crippen LogP contribution < -0.4 is 5.32 Å². The minimum atomic E-state index is -0.390. The molecule has 4 rings (SSSR count). The lowest BCUT2D eigenvalue weighted by Gasteiger charge is -2.35. The number of benzene rings is 1. The molecular formula is C21H28ClN5O3. The molecule has 2 aromatic rings. The number of nitro groups is 1. The maximum Gasteiger partial charge on any atom is 0.312 e. The second-order valence-electron chi connectivity index (χ2n) is 8.31. The number of hydrogen-bond acceptors (Lipinski definition) is 5. The average molecular weight is 434 g/mol. The molecular weight excluding hydrogens is 406 g/mol. The number of nitrogens with one attached hydrogen (secondary N) is 1. The molecule has 3 heterocycles. The Kier molecular flexibility index (Phi) is 6.47. The van der Waals surface area contributed by atoms with Gasteiger partial charge in [-0.25, -0.2) is 0 Å². The molecule has 1 aromatic carbocycles. The number of hydrogen-bond donors (Lipinski definition) is 1. The van der Waals surface area contributed by atoms with E-state index in [-0.39, 0.29) is 30.0 Å². The molecule has 2 bridgehead atoms. The summed E-state index contributed by atoms with van der Waals surface area (Å²) < 4.78 is 1.64. The number of amides is 1. The molecule has 1 aromatic heterocycles. The van der Waals surface area contributed by atoms with E-state index >= 15 is 0 Å². The second-order valence-corrected chi connectivity index (χ2v) is 8.31. The van der Waals surface area contributed by atoms with Crippen LogP contribution in [0.5, 0.6) is 0 Å². The minimum Gasteiger partial charge on any atom is -0.339 e. The van der Waals surface area contributed by atoms with Gasteiger partial charge in [-0.15, -0.1) is 12.4 Å². The fraction of sp³-hybridized carbons (Fsp3) is 0.524. The third kappa shape index (κ3) is 4.20. The van der Waals surface area contributed by atoms with Crippen molar-refractivity contribution < 1.29 is 9.72 Å². The van der Waals surface area contributed by atoms with E-state index in [0.29, 0.717) is 35.6 Å². The first kappa shape index (κ1) is 22.2. The smallest absolute Gasteiger partial charge is 0.312 e. The topological polar surface area (TPSA) is 93.3 Å². The lowest BCUT2D eigenvalue weighted by atomic mass is 9.98. The Balaban J connectivity index is 0.00000256. The van der Waals surface area contributed by atoms with Gasteiger partial charge < -0.3 is 10.2 Å². The van der Waals surface area contributed by atoms with Gasteiger partial charge in [-0.3, -0.25) is 19.6 Å². The first-order chi connectivity index (χ1) is 13.8. The molecule has 1 N–H and O–H groups in total. The van der Waals surface area contributed by atoms with Crippen molar-refractivity contribution in [3.8, 4) is 0 Å². The van der Waals surface area contributed by atoms with Crippen molar-refractivity contribution in [2.45, 2.75) is 64.2 Å². The SMILES string of the molecule is Cc1nn(Cc2ccc(C(=O)N(C)C3CC4CCC(C3)N4)cc2)c(C)c1[N+](=O)[O-].Cl. The van der Waals surface area contributed by atoms with Gasteiger partial charge in [0.2, 0.25) is 0 Å². The van der Waals surface area contributed by atoms with Crippen molar-refractivity contribution in [2.24, 2.45) is 0 Å². The second kappa shape index (κ2) is 8.73. The summed E-state index contributed by atoms with van der Waals surface area (Å²) in [5.41, 5.74) is 2.63. The summed E-state index contributed by atoms with van der Waals surface area (Å²) in [6.45, 7) is 3.78. The zero-order valence-electron chi connectivity index (χ0n) is 17.5. The van der Waals surface area contributed by atoms with E-state index in [4.69, 9.17) is 0 Å². The molecule has 1 amide bonds. The van der Waals surface area contributed by atoms with Gasteiger partial charge in [0.05, 0.1) is 11.5 Å². The van der Waals surface area contributed by atoms with Crippen LogP contribution in [0.25, 0.3) is 0 Å². The van der Waals surface area contributed by atoms with Gasteiger partial charge in [0.1, 0.15) is 11.4 Å². The van der Waals surface area contributed by atoms with E-state index in [0.717, 1.165) is 18.4 Å². The molecule has 9 heteroatoms. The molecule has 0 spiro atoms. The normalized spacial score (nSPS) is 22.4. The van der Waals surface area contributed by atoms with Gasteiger partial charge in [0.15, 0.2) is 0 Å². The summed E-state index contributed by atoms with van der Waals surface area (Å²) in [5.74, 6) is 0.0459. The van der Waals surface area contributed by atoms with Crippen LogP contribution in [-0.2, 0) is 6.54 Å². The van der Waals surface area contributed by atoms with Crippen LogP contribution >= 0.6 is 12.4 Å². The minimum absolute atomic E-state index is 0. The lowest BCUT2D eigenvalue weighted by Crippen LogP contribution is -2.48. The number of halogens is 1. The molecule has 162 valence electrons. The van der Waals surface area contributed by atoms with Crippen LogP contribution in [0.4, 0.5) is 5.69 Å². The van der Waals surface area contributed by atoms with Gasteiger partial charge in [0, 0.05) is 30.7 Å². The molecule has 2 aliphatic heterocycles. The molecule has 2 fully saturated rings. The van der Waals surface area contributed by atoms with Gasteiger partial charge in [-0.2, -0.15) is 5.10 Å². The molecule has 2 unspecified atom stereocenters. The highest BCUT2D eigenvalue weighted by atomic mass is 35.5. The van der Waals surface area contributed by atoms with E-state index in [1.54, 1.807) is 18.5 Å². The Morgan fingerprint density at radius 2 is 1.83 bits per heavy atom. The van der Waals surface area contributed by atoms with Crippen molar-refractivity contribution in [3.05, 3.63) is 56.9 Å². The maximum absolute atomic E-state index is 12.9. The third-order valence-corrected chi connectivity index (χ3v) is 6.38. The summed E-state index contributed by atoms with van der Waals surface area (Å²) in [5, 5.41) is 19.1. The Hall–Kier alpha value is -2.45. The predicted octanol–water partition coefficient (Wildman–Crippen LogP) is 3.23. The van der Waals surface area contributed by atoms with Crippen molar-refractivity contribution in [1.29, 1.82) is 0 Å². The van der Waals surface area contributed by atoms with Crippen molar-refractivity contribution >= 4 is 24.0 Å². The summed E-state index contributed by atoms with van der Waals surface area (Å²) in [6, 6.07) is 8.84. The molecule has 0 radical (unpaired) electrons. The highest BCUT2D eigenvalue weighted by molar-refractivity contribution is 5.94. The summed E-state index contributed by atoms with van der Waals surface area (Å²) in [4.78, 5) is 25.6. The van der Waals surface area contributed by atoms with Crippen LogP contribution in [0.2, 0.25) is 0 Å². The first-order valence-corrected chi connectivity index (χ1v) is 10.1. The Bertz CT molecular complexity index is 931. The predicted molar refractivity (Wildman–Crippen MR) is 116 cm³/mol. The molecule has 2 atom stereocenters. The van der Waals surface area contributed by atoms with Crippen LogP contribution in [0.3, 0.4) is 0 Å². The number of nitrogens with zero attached hydrogens (tertiary/aromatic N) is 4. The van der Waals surface area contributed by atoms with Crippen molar-refractivity contribution in [3.63, 3.8) is 0 Å². The van der Waals surface area contributed by atoms with Gasteiger partial charge in [-0.05, 0) is 57.2 Å². The summed E-state index contributed by atoms with van der Waals surface area (Å²) in [6.07, 6.45) is 4.46. The quantitative estimate of drug-likeness (QED) is 0.577. The van der Waals surface area contributed by atoms with Gasteiger partial charge >= 0.3 is 5.69 Å². The average Bonchev–Trinajstić information content (AvgIpc) is 3.18. The van der Waals surface area contributed by atoms with Crippen LogP contribution in [0.1, 0.15) is 53.0 Å². The number of carbonyl (C=O) groups excluding carboxylic acids is 1. The largest absolute Gasteiger partial charge is 0.339 e. The number of rotatable bonds is 5. The van der Waals surface area contributed by atoms with Crippen LogP contribution in [-0.4, -0.2) is 50.7 Å². The third-order valence-electron chi connectivity index (χ3n) is 6.38. The fourth-order valence-electron chi connectivity index (χ4n) is 4.74. The Morgan fingerprint density at radius 1 is 1.23 bits per heavy atom. The monoisotopic (exact) mass is 433 g/mol. The lowest BCUT2D eigenvalue weighted by molar-refractivity contribution is -0.386. The zero-order valence-corrected chi connectivity index (χ0v) is 18.3.